The molecule has 5 heterocycles. The highest BCUT2D eigenvalue weighted by atomic mass is 35.5. The average Bonchev–Trinajstić information content (AvgIpc) is 1.59. The first-order valence-corrected chi connectivity index (χ1v) is 34.7. The number of H-pyrrole nitrogens is 2. The van der Waals surface area contributed by atoms with Gasteiger partial charge in [-0.25, -0.2) is 29.9 Å². The SMILES string of the molecule is CC(C)c1cccc(C(C)C)c1Oc1cc2c(cc1Cl)-c1nc-2nc2[nH]c(nc3nc(nc4[nH]c(n1)c1cc(Oc5c(C(C)C)cccc5C(C)C)c(Cl)cc41)-c1cc(Cl)c(Oc4c(C(C)C)cccc4C(C)C)cc1-3)c1cc(Oc3c(C(C)C)cccc3C(C)C)c(Cl)cc21. The highest BCUT2D eigenvalue weighted by Gasteiger charge is 2.30. The van der Waals surface area contributed by atoms with Crippen LogP contribution in [0.1, 0.15) is 203 Å². The van der Waals surface area contributed by atoms with Gasteiger partial charge in [-0.15, -0.1) is 0 Å². The first-order chi connectivity index (χ1) is 45.8. The number of ether oxygens (including phenoxy) is 4. The fourth-order valence-corrected chi connectivity index (χ4v) is 13.8. The van der Waals surface area contributed by atoms with E-state index in [1.807, 2.05) is 48.5 Å². The molecule has 3 aromatic heterocycles. The molecule has 0 fully saturated rings. The molecule has 0 radical (unpaired) electrons. The van der Waals surface area contributed by atoms with Crippen molar-refractivity contribution in [3.63, 3.8) is 0 Å². The third-order valence-electron chi connectivity index (χ3n) is 18.2. The van der Waals surface area contributed by atoms with Gasteiger partial charge in [-0.3, -0.25) is 0 Å². The van der Waals surface area contributed by atoms with Gasteiger partial charge >= 0.3 is 0 Å². The van der Waals surface area contributed by atoms with Crippen LogP contribution in [0.5, 0.6) is 46.0 Å². The molecule has 8 aromatic carbocycles. The Morgan fingerprint density at radius 3 is 0.688 bits per heavy atom. The third-order valence-corrected chi connectivity index (χ3v) is 19.3. The van der Waals surface area contributed by atoms with Gasteiger partial charge < -0.3 is 28.9 Å². The fourth-order valence-electron chi connectivity index (χ4n) is 12.9. The van der Waals surface area contributed by atoms with E-state index in [2.05, 4.69) is 194 Å². The molecule has 96 heavy (non-hydrogen) atoms. The number of fused-ring (bicyclic) bond motifs is 20. The Morgan fingerprint density at radius 1 is 0.260 bits per heavy atom. The summed E-state index contributed by atoms with van der Waals surface area (Å²) in [7, 11) is 0. The molecule has 490 valence electrons. The maximum atomic E-state index is 7.49. The molecule has 2 aliphatic rings. The van der Waals surface area contributed by atoms with Crippen LogP contribution in [0, 0.1) is 0 Å². The van der Waals surface area contributed by atoms with Gasteiger partial charge in [0.05, 0.1) is 20.1 Å². The van der Waals surface area contributed by atoms with Crippen molar-refractivity contribution in [1.29, 1.82) is 0 Å². The van der Waals surface area contributed by atoms with Crippen LogP contribution in [0.3, 0.4) is 0 Å². The molecule has 0 saturated heterocycles. The van der Waals surface area contributed by atoms with Crippen LogP contribution in [0.2, 0.25) is 20.1 Å². The number of nitrogens with one attached hydrogen (secondary N) is 2. The Kier molecular flexibility index (Phi) is 18.0. The summed E-state index contributed by atoms with van der Waals surface area (Å²) in [5, 5.41) is 3.96. The number of rotatable bonds is 16. The lowest BCUT2D eigenvalue weighted by atomic mass is 9.94. The normalized spacial score (nSPS) is 12.3. The van der Waals surface area contributed by atoms with Crippen molar-refractivity contribution in [2.24, 2.45) is 0 Å². The van der Waals surface area contributed by atoms with Crippen LogP contribution in [-0.4, -0.2) is 39.9 Å². The van der Waals surface area contributed by atoms with Crippen molar-refractivity contribution >= 4 is 90.5 Å². The Morgan fingerprint density at radius 2 is 0.458 bits per heavy atom. The van der Waals surface area contributed by atoms with E-state index < -0.39 is 0 Å². The van der Waals surface area contributed by atoms with E-state index in [0.29, 0.717) is 133 Å². The summed E-state index contributed by atoms with van der Waals surface area (Å²) >= 11 is 29.9. The summed E-state index contributed by atoms with van der Waals surface area (Å²) < 4.78 is 28.2. The van der Waals surface area contributed by atoms with Crippen LogP contribution in [0.4, 0.5) is 0 Å². The standard InChI is InChI=1S/C80H78Cl4N8O4/c1-37(2)45-21-17-22-46(38(3)4)69(45)93-65-33-57-53(29-61(65)81)73-85-74-54-30-62(82)67(95-71-49(41(9)10)25-19-26-50(71)42(11)12)35-59(54)79(87-74)92-80-60-36-68(96-72-51(43(13)14)27-20-28-52(72)44(15)16)64(84)32-56(60)76(91-80)90-78-58-34-66(63(83)31-55(58)75(89-78)88-77(57)86-73)94-70-47(39(5)6)23-18-24-48(70)40(7)8/h17-44H,1-16H3,(H2,85,86,87,88,89,90,91,92). The zero-order valence-electron chi connectivity index (χ0n) is 57.0. The molecular weight excluding hydrogens is 1280 g/mol. The predicted molar refractivity (Wildman–Crippen MR) is 395 cm³/mol. The molecule has 12 nitrogen and oxygen atoms in total. The number of hydrogen-bond acceptors (Lipinski definition) is 10. The Balaban J connectivity index is 1.13. The fraction of sp³-hybridized carbons (Fsp3) is 0.300. The van der Waals surface area contributed by atoms with Crippen molar-refractivity contribution < 1.29 is 18.9 Å². The largest absolute Gasteiger partial charge is 0.455 e. The number of para-hydroxylation sites is 4. The van der Waals surface area contributed by atoms with E-state index in [1.165, 1.54) is 0 Å². The second-order valence-electron chi connectivity index (χ2n) is 27.6. The molecule has 0 saturated carbocycles. The van der Waals surface area contributed by atoms with Crippen LogP contribution >= 0.6 is 46.4 Å². The van der Waals surface area contributed by atoms with Crippen molar-refractivity contribution in [2.45, 2.75) is 158 Å². The lowest BCUT2D eigenvalue weighted by molar-refractivity contribution is 0.463. The molecule has 8 bridgehead atoms. The number of benzene rings is 8. The minimum Gasteiger partial charge on any atom is -0.455 e. The quantitative estimate of drug-likeness (QED) is 0.0959. The molecule has 2 aliphatic heterocycles. The topological polar surface area (TPSA) is 146 Å². The molecule has 13 rings (SSSR count). The van der Waals surface area contributed by atoms with E-state index in [9.17, 15) is 0 Å². The number of nitrogens with zero attached hydrogens (tertiary/aromatic N) is 6. The number of aromatic amines is 2. The van der Waals surface area contributed by atoms with Crippen LogP contribution in [-0.2, 0) is 0 Å². The number of aromatic nitrogens is 8. The van der Waals surface area contributed by atoms with Crippen LogP contribution in [0.25, 0.3) is 89.7 Å². The van der Waals surface area contributed by atoms with Crippen molar-refractivity contribution in [2.75, 3.05) is 0 Å². The summed E-state index contributed by atoms with van der Waals surface area (Å²) in [6, 6.07) is 40.2. The Hall–Kier alpha value is -8.52. The van der Waals surface area contributed by atoms with Gasteiger partial charge in [0.1, 0.15) is 68.6 Å². The molecule has 0 unspecified atom stereocenters. The minimum absolute atomic E-state index is 0.149. The summed E-state index contributed by atoms with van der Waals surface area (Å²) in [5.41, 5.74) is 12.5. The van der Waals surface area contributed by atoms with Gasteiger partial charge in [0.15, 0.2) is 23.3 Å². The minimum atomic E-state index is 0.149. The first kappa shape index (κ1) is 66.1. The van der Waals surface area contributed by atoms with Crippen LogP contribution in [0.15, 0.2) is 121 Å². The van der Waals surface area contributed by atoms with E-state index in [4.69, 9.17) is 95.3 Å². The molecule has 0 amide bonds. The van der Waals surface area contributed by atoms with E-state index in [1.54, 1.807) is 0 Å². The molecule has 0 atom stereocenters. The predicted octanol–water partition coefficient (Wildman–Crippen LogP) is 25.6. The molecule has 0 aliphatic carbocycles. The highest BCUT2D eigenvalue weighted by molar-refractivity contribution is 6.34. The maximum absolute atomic E-state index is 7.49. The van der Waals surface area contributed by atoms with Gasteiger partial charge in [-0.2, -0.15) is 0 Å². The van der Waals surface area contributed by atoms with Crippen molar-refractivity contribution in [1.82, 2.24) is 39.9 Å². The van der Waals surface area contributed by atoms with E-state index in [0.717, 1.165) is 67.5 Å². The zero-order valence-corrected chi connectivity index (χ0v) is 60.0. The third kappa shape index (κ3) is 12.2. The van der Waals surface area contributed by atoms with E-state index in [-0.39, 0.29) is 47.3 Å². The van der Waals surface area contributed by atoms with Crippen LogP contribution < -0.4 is 18.9 Å². The van der Waals surface area contributed by atoms with Crippen molar-refractivity contribution in [3.05, 3.63) is 186 Å². The molecule has 11 aromatic rings. The van der Waals surface area contributed by atoms with Gasteiger partial charge in [-0.1, -0.05) is 230 Å². The van der Waals surface area contributed by atoms with E-state index >= 15 is 0 Å². The summed E-state index contributed by atoms with van der Waals surface area (Å²) in [6.45, 7) is 34.5. The zero-order chi connectivity index (χ0) is 68.0. The summed E-state index contributed by atoms with van der Waals surface area (Å²) in [6.07, 6.45) is 0. The summed E-state index contributed by atoms with van der Waals surface area (Å²) in [4.78, 5) is 39.8. The second-order valence-corrected chi connectivity index (χ2v) is 29.3. The average molecular weight is 1360 g/mol. The van der Waals surface area contributed by atoms with Crippen molar-refractivity contribution in [3.8, 4) is 91.5 Å². The molecular formula is C80H78Cl4N8O4. The number of halogens is 4. The van der Waals surface area contributed by atoms with Gasteiger partial charge in [0, 0.05) is 43.8 Å². The maximum Gasteiger partial charge on any atom is 0.164 e. The Labute approximate surface area is 581 Å². The summed E-state index contributed by atoms with van der Waals surface area (Å²) in [5.74, 6) is 7.17. The monoisotopic (exact) mass is 1350 g/mol. The van der Waals surface area contributed by atoms with Gasteiger partial charge in [0.2, 0.25) is 0 Å². The molecule has 0 spiro atoms. The lowest BCUT2D eigenvalue weighted by Crippen LogP contribution is -2.01. The molecule has 2 N–H and O–H groups in total. The smallest absolute Gasteiger partial charge is 0.164 e. The van der Waals surface area contributed by atoms with Gasteiger partial charge in [-0.05, 0) is 140 Å². The number of hydrogen-bond donors (Lipinski definition) is 2. The van der Waals surface area contributed by atoms with Gasteiger partial charge in [0.25, 0.3) is 0 Å². The second kappa shape index (κ2) is 26.1. The Bertz CT molecular complexity index is 5020. The first-order valence-electron chi connectivity index (χ1n) is 33.2. The lowest BCUT2D eigenvalue weighted by Gasteiger charge is -2.20. The highest BCUT2D eigenvalue weighted by Crippen LogP contribution is 2.50. The molecule has 16 heteroatoms.